The molecule has 1 rings (SSSR count). The van der Waals surface area contributed by atoms with Gasteiger partial charge in [-0.05, 0) is 5.56 Å². The molecule has 2 nitrogen and oxygen atoms in total. The van der Waals surface area contributed by atoms with Crippen molar-refractivity contribution in [2.75, 3.05) is 0 Å². The van der Waals surface area contributed by atoms with E-state index in [9.17, 15) is 0 Å². The van der Waals surface area contributed by atoms with Crippen molar-refractivity contribution in [3.05, 3.63) is 64.6 Å². The molecule has 0 saturated heterocycles. The highest BCUT2D eigenvalue weighted by Crippen LogP contribution is 2.07. The first-order chi connectivity index (χ1) is 5.86. The summed E-state index contributed by atoms with van der Waals surface area (Å²) in [6, 6.07) is 9.36. The van der Waals surface area contributed by atoms with Gasteiger partial charge in [0.25, 0.3) is 0 Å². The highest BCUT2D eigenvalue weighted by Gasteiger charge is 2.00. The van der Waals surface area contributed by atoms with Crippen LogP contribution in [0.5, 0.6) is 0 Å². The number of rotatable bonds is 1. The lowest BCUT2D eigenvalue weighted by Crippen LogP contribution is -1.69. The first kappa shape index (κ1) is 8.04. The van der Waals surface area contributed by atoms with Gasteiger partial charge in [-0.3, -0.25) is 0 Å². The number of hydrogen-bond acceptors (Lipinski definition) is 0. The van der Waals surface area contributed by atoms with Crippen molar-refractivity contribution in [1.29, 1.82) is 0 Å². The smallest absolute Gasteiger partial charge is 0.154 e. The minimum absolute atomic E-state index is 0.0983. The minimum atomic E-state index is 0.0983. The third-order valence-electron chi connectivity index (χ3n) is 1.32. The topological polar surface area (TPSA) is 8.72 Å². The average molecular weight is 154 g/mol. The van der Waals surface area contributed by atoms with Gasteiger partial charge in [0, 0.05) is 6.08 Å². The summed E-state index contributed by atoms with van der Waals surface area (Å²) in [7, 11) is 0. The average Bonchev–Trinajstić information content (AvgIpc) is 2.16. The molecule has 1 aromatic rings. The summed E-state index contributed by atoms with van der Waals surface area (Å²) < 4.78 is 0. The summed E-state index contributed by atoms with van der Waals surface area (Å²) in [4.78, 5) is 6.12. The zero-order valence-electron chi connectivity index (χ0n) is 6.36. The van der Waals surface area contributed by atoms with Crippen molar-refractivity contribution in [3.8, 4) is 0 Å². The van der Waals surface area contributed by atoms with Crippen LogP contribution >= 0.6 is 0 Å². The van der Waals surface area contributed by atoms with E-state index in [0.29, 0.717) is 0 Å². The Labute approximate surface area is 71.4 Å². The van der Waals surface area contributed by atoms with Gasteiger partial charge in [0.2, 0.25) is 0 Å². The Morgan fingerprint density at radius 3 is 2.17 bits per heavy atom. The first-order valence-corrected chi connectivity index (χ1v) is 3.38. The molecule has 0 radical (unpaired) electrons. The van der Waals surface area contributed by atoms with Crippen LogP contribution in [0.1, 0.15) is 5.56 Å². The van der Waals surface area contributed by atoms with Crippen molar-refractivity contribution in [2.24, 2.45) is 0 Å². The summed E-state index contributed by atoms with van der Waals surface area (Å²) >= 11 is 0. The third kappa shape index (κ3) is 1.97. The molecular formula is C10H6N2. The largest absolute Gasteiger partial charge is 0.519 e. The van der Waals surface area contributed by atoms with Crippen molar-refractivity contribution >= 4 is 6.08 Å². The molecule has 0 aromatic heterocycles. The fourth-order valence-corrected chi connectivity index (χ4v) is 0.788. The van der Waals surface area contributed by atoms with E-state index in [1.54, 1.807) is 6.08 Å². The zero-order valence-corrected chi connectivity index (χ0v) is 6.36. The molecule has 0 heterocycles. The standard InChI is InChI=1S/C10H6N2/c1-11-10(12-2)8-9-6-4-3-5-7-9/h3-8H. The molecule has 0 amide bonds. The van der Waals surface area contributed by atoms with Crippen molar-refractivity contribution in [2.45, 2.75) is 0 Å². The maximum atomic E-state index is 6.65. The van der Waals surface area contributed by atoms with Crippen LogP contribution in [0.2, 0.25) is 0 Å². The molecule has 0 N–H and O–H groups in total. The van der Waals surface area contributed by atoms with Crippen molar-refractivity contribution in [1.82, 2.24) is 0 Å². The molecule has 0 fully saturated rings. The fourth-order valence-electron chi connectivity index (χ4n) is 0.788. The first-order valence-electron chi connectivity index (χ1n) is 3.38. The van der Waals surface area contributed by atoms with Crippen LogP contribution in [0.15, 0.2) is 36.2 Å². The maximum Gasteiger partial charge on any atom is 0.519 e. The second kappa shape index (κ2) is 3.95. The van der Waals surface area contributed by atoms with Crippen LogP contribution in [-0.2, 0) is 0 Å². The van der Waals surface area contributed by atoms with E-state index in [1.165, 1.54) is 0 Å². The van der Waals surface area contributed by atoms with Crippen LogP contribution < -0.4 is 0 Å². The second-order valence-electron chi connectivity index (χ2n) is 2.14. The molecule has 1 aromatic carbocycles. The van der Waals surface area contributed by atoms with E-state index in [1.807, 2.05) is 30.3 Å². The fraction of sp³-hybridized carbons (Fsp3) is 0. The van der Waals surface area contributed by atoms with E-state index in [4.69, 9.17) is 13.1 Å². The summed E-state index contributed by atoms with van der Waals surface area (Å²) in [6.07, 6.45) is 1.57. The van der Waals surface area contributed by atoms with Gasteiger partial charge in [-0.2, -0.15) is 9.69 Å². The number of benzene rings is 1. The van der Waals surface area contributed by atoms with Gasteiger partial charge in [0.05, 0.1) is 0 Å². The molecule has 0 unspecified atom stereocenters. The Hall–Kier alpha value is -2.06. The lowest BCUT2D eigenvalue weighted by molar-refractivity contribution is 1.63. The second-order valence-corrected chi connectivity index (χ2v) is 2.14. The van der Waals surface area contributed by atoms with Gasteiger partial charge in [-0.25, -0.2) is 0 Å². The summed E-state index contributed by atoms with van der Waals surface area (Å²) in [6.45, 7) is 13.3. The predicted molar refractivity (Wildman–Crippen MR) is 47.6 cm³/mol. The number of hydrogen-bond donors (Lipinski definition) is 0. The Morgan fingerprint density at radius 2 is 1.67 bits per heavy atom. The molecule has 0 aliphatic rings. The van der Waals surface area contributed by atoms with Gasteiger partial charge >= 0.3 is 5.82 Å². The van der Waals surface area contributed by atoms with Gasteiger partial charge in [0.1, 0.15) is 13.1 Å². The SMILES string of the molecule is [C-]#[N+]C(=Cc1ccccc1)[N+]#[C-]. The quantitative estimate of drug-likeness (QED) is 0.550. The molecule has 0 aliphatic heterocycles. The molecule has 0 bridgehead atoms. The van der Waals surface area contributed by atoms with Crippen LogP contribution in [0.4, 0.5) is 0 Å². The van der Waals surface area contributed by atoms with Crippen molar-refractivity contribution < 1.29 is 0 Å². The highest BCUT2D eigenvalue weighted by molar-refractivity contribution is 5.55. The Morgan fingerprint density at radius 1 is 1.08 bits per heavy atom. The maximum absolute atomic E-state index is 6.65. The van der Waals surface area contributed by atoms with Gasteiger partial charge in [-0.15, -0.1) is 0 Å². The third-order valence-corrected chi connectivity index (χ3v) is 1.32. The summed E-state index contributed by atoms with van der Waals surface area (Å²) in [5, 5.41) is 0. The summed E-state index contributed by atoms with van der Waals surface area (Å²) in [5.74, 6) is 0.0983. The van der Waals surface area contributed by atoms with E-state index < -0.39 is 0 Å². The molecule has 0 atom stereocenters. The molecule has 12 heavy (non-hydrogen) atoms. The monoisotopic (exact) mass is 154 g/mol. The predicted octanol–water partition coefficient (Wildman–Crippen LogP) is 2.82. The molecule has 0 saturated carbocycles. The molecule has 2 heteroatoms. The zero-order chi connectivity index (χ0) is 8.81. The lowest BCUT2D eigenvalue weighted by atomic mass is 10.2. The lowest BCUT2D eigenvalue weighted by Gasteiger charge is -1.86. The molecule has 56 valence electrons. The summed E-state index contributed by atoms with van der Waals surface area (Å²) in [5.41, 5.74) is 0.888. The van der Waals surface area contributed by atoms with E-state index in [-0.39, 0.29) is 5.82 Å². The minimum Gasteiger partial charge on any atom is -0.154 e. The van der Waals surface area contributed by atoms with Gasteiger partial charge in [-0.1, -0.05) is 30.3 Å². The molecule has 0 spiro atoms. The van der Waals surface area contributed by atoms with Gasteiger partial charge < -0.3 is 0 Å². The van der Waals surface area contributed by atoms with Crippen LogP contribution in [-0.4, -0.2) is 0 Å². The number of nitrogens with zero attached hydrogens (tertiary/aromatic N) is 2. The molecular weight excluding hydrogens is 148 g/mol. The Kier molecular flexibility index (Phi) is 2.65. The molecule has 0 aliphatic carbocycles. The van der Waals surface area contributed by atoms with E-state index in [2.05, 4.69) is 9.69 Å². The van der Waals surface area contributed by atoms with Crippen LogP contribution in [0, 0.1) is 13.1 Å². The van der Waals surface area contributed by atoms with E-state index >= 15 is 0 Å². The van der Waals surface area contributed by atoms with Crippen molar-refractivity contribution in [3.63, 3.8) is 0 Å². The van der Waals surface area contributed by atoms with E-state index in [0.717, 1.165) is 5.56 Å². The Balaban J connectivity index is 2.98. The van der Waals surface area contributed by atoms with Crippen LogP contribution in [0.25, 0.3) is 15.8 Å². The highest BCUT2D eigenvalue weighted by atomic mass is 14.9. The normalized spacial score (nSPS) is 7.83. The van der Waals surface area contributed by atoms with Gasteiger partial charge in [0.15, 0.2) is 0 Å². The van der Waals surface area contributed by atoms with Crippen LogP contribution in [0.3, 0.4) is 0 Å². The Bertz CT molecular complexity index is 347.